The second kappa shape index (κ2) is 3.85. The number of fused-ring (bicyclic) bond motifs is 3. The number of carbonyl (C=O) groups excluding carboxylic acids is 1. The van der Waals surface area contributed by atoms with Gasteiger partial charge in [0.05, 0.1) is 5.69 Å². The van der Waals surface area contributed by atoms with Gasteiger partial charge < -0.3 is 0 Å². The molecule has 0 amide bonds. The lowest BCUT2D eigenvalue weighted by atomic mass is 9.92. The standard InChI is InChI=1S/C13H14N2O/c16-9-14-11-4-3-10-5-7-15-6-1-2-13(15)12(10)8-11/h3-4,8,13H,1-2,5-7H2. The minimum Gasteiger partial charge on any atom is -0.296 e. The maximum absolute atomic E-state index is 10.3. The van der Waals surface area contributed by atoms with E-state index in [-0.39, 0.29) is 0 Å². The highest BCUT2D eigenvalue weighted by molar-refractivity contribution is 5.52. The quantitative estimate of drug-likeness (QED) is 0.531. The van der Waals surface area contributed by atoms with Crippen LogP contribution in [0.25, 0.3) is 0 Å². The Hall–Kier alpha value is -1.44. The summed E-state index contributed by atoms with van der Waals surface area (Å²) in [5.74, 6) is 0. The lowest BCUT2D eigenvalue weighted by molar-refractivity contribution is 0.244. The lowest BCUT2D eigenvalue weighted by Crippen LogP contribution is -2.30. The maximum atomic E-state index is 10.3. The lowest BCUT2D eigenvalue weighted by Gasteiger charge is -2.31. The van der Waals surface area contributed by atoms with Crippen LogP contribution in [0.15, 0.2) is 23.2 Å². The molecule has 16 heavy (non-hydrogen) atoms. The van der Waals surface area contributed by atoms with E-state index in [1.54, 1.807) is 6.08 Å². The van der Waals surface area contributed by atoms with Crippen molar-refractivity contribution in [2.24, 2.45) is 4.99 Å². The van der Waals surface area contributed by atoms with Gasteiger partial charge in [0.25, 0.3) is 0 Å². The maximum Gasteiger partial charge on any atom is 0.240 e. The monoisotopic (exact) mass is 214 g/mol. The molecule has 2 heterocycles. The van der Waals surface area contributed by atoms with E-state index in [2.05, 4.69) is 22.0 Å². The molecular weight excluding hydrogens is 200 g/mol. The summed E-state index contributed by atoms with van der Waals surface area (Å²) in [6.07, 6.45) is 5.25. The molecule has 0 aromatic heterocycles. The topological polar surface area (TPSA) is 32.7 Å². The van der Waals surface area contributed by atoms with Gasteiger partial charge in [-0.05, 0) is 49.1 Å². The molecule has 1 saturated heterocycles. The first kappa shape index (κ1) is 9.76. The van der Waals surface area contributed by atoms with Crippen molar-refractivity contribution in [1.29, 1.82) is 0 Å². The summed E-state index contributed by atoms with van der Waals surface area (Å²) in [5, 5.41) is 0. The van der Waals surface area contributed by atoms with Gasteiger partial charge in [0.15, 0.2) is 0 Å². The average Bonchev–Trinajstić information content (AvgIpc) is 2.78. The van der Waals surface area contributed by atoms with Crippen LogP contribution in [-0.4, -0.2) is 24.1 Å². The molecule has 0 saturated carbocycles. The second-order valence-corrected chi connectivity index (χ2v) is 4.53. The normalized spacial score (nSPS) is 23.4. The zero-order valence-electron chi connectivity index (χ0n) is 9.15. The molecule has 0 aliphatic carbocycles. The van der Waals surface area contributed by atoms with Gasteiger partial charge in [-0.3, -0.25) is 4.90 Å². The molecule has 3 nitrogen and oxygen atoms in total. The van der Waals surface area contributed by atoms with E-state index >= 15 is 0 Å². The van der Waals surface area contributed by atoms with Crippen LogP contribution in [0, 0.1) is 0 Å². The molecule has 1 aromatic rings. The van der Waals surface area contributed by atoms with Crippen molar-refractivity contribution >= 4 is 11.8 Å². The van der Waals surface area contributed by atoms with Crippen LogP contribution < -0.4 is 0 Å². The minimum atomic E-state index is 0.561. The minimum absolute atomic E-state index is 0.561. The summed E-state index contributed by atoms with van der Waals surface area (Å²) in [6, 6.07) is 6.64. The van der Waals surface area contributed by atoms with Gasteiger partial charge >= 0.3 is 0 Å². The third-order valence-electron chi connectivity index (χ3n) is 3.70. The number of benzene rings is 1. The number of hydrogen-bond acceptors (Lipinski definition) is 3. The number of isocyanates is 1. The molecule has 82 valence electrons. The number of aliphatic imine (C=N–C) groups is 1. The zero-order valence-corrected chi connectivity index (χ0v) is 9.15. The van der Waals surface area contributed by atoms with Crippen LogP contribution in [0.2, 0.25) is 0 Å². The van der Waals surface area contributed by atoms with E-state index < -0.39 is 0 Å². The summed E-state index contributed by atoms with van der Waals surface area (Å²) in [7, 11) is 0. The van der Waals surface area contributed by atoms with Gasteiger partial charge in [0.1, 0.15) is 0 Å². The Morgan fingerprint density at radius 1 is 1.38 bits per heavy atom. The van der Waals surface area contributed by atoms with Crippen LogP contribution >= 0.6 is 0 Å². The summed E-state index contributed by atoms with van der Waals surface area (Å²) in [6.45, 7) is 2.39. The SMILES string of the molecule is O=C=Nc1ccc2c(c1)C1CCCN1CC2. The van der Waals surface area contributed by atoms with Crippen molar-refractivity contribution in [2.45, 2.75) is 25.3 Å². The molecule has 1 aromatic carbocycles. The fourth-order valence-corrected chi connectivity index (χ4v) is 2.95. The average molecular weight is 214 g/mol. The molecule has 0 spiro atoms. The fourth-order valence-electron chi connectivity index (χ4n) is 2.95. The molecule has 1 unspecified atom stereocenters. The van der Waals surface area contributed by atoms with Crippen molar-refractivity contribution in [3.05, 3.63) is 29.3 Å². The summed E-state index contributed by atoms with van der Waals surface area (Å²) < 4.78 is 0. The molecular formula is C13H14N2O. The van der Waals surface area contributed by atoms with Crippen LogP contribution in [0.3, 0.4) is 0 Å². The number of hydrogen-bond donors (Lipinski definition) is 0. The molecule has 1 atom stereocenters. The van der Waals surface area contributed by atoms with Gasteiger partial charge in [-0.2, -0.15) is 4.99 Å². The number of nitrogens with zero attached hydrogens (tertiary/aromatic N) is 2. The van der Waals surface area contributed by atoms with Crippen LogP contribution in [-0.2, 0) is 11.2 Å². The van der Waals surface area contributed by atoms with Crippen LogP contribution in [0.5, 0.6) is 0 Å². The van der Waals surface area contributed by atoms with E-state index in [4.69, 9.17) is 0 Å². The predicted octanol–water partition coefficient (Wildman–Crippen LogP) is 2.35. The predicted molar refractivity (Wildman–Crippen MR) is 61.5 cm³/mol. The van der Waals surface area contributed by atoms with E-state index in [0.717, 1.165) is 12.1 Å². The Labute approximate surface area is 94.8 Å². The molecule has 3 heteroatoms. The molecule has 2 aliphatic rings. The van der Waals surface area contributed by atoms with Gasteiger partial charge in [0, 0.05) is 12.6 Å². The van der Waals surface area contributed by atoms with Gasteiger partial charge in [-0.25, -0.2) is 4.79 Å². The first-order valence-electron chi connectivity index (χ1n) is 5.83. The Bertz CT molecular complexity index is 463. The van der Waals surface area contributed by atoms with Crippen molar-refractivity contribution in [1.82, 2.24) is 4.90 Å². The summed E-state index contributed by atoms with van der Waals surface area (Å²) in [4.78, 5) is 16.5. The third-order valence-corrected chi connectivity index (χ3v) is 3.70. The van der Waals surface area contributed by atoms with Crippen molar-refractivity contribution < 1.29 is 4.79 Å². The summed E-state index contributed by atoms with van der Waals surface area (Å²) in [5.41, 5.74) is 3.54. The Morgan fingerprint density at radius 2 is 2.31 bits per heavy atom. The van der Waals surface area contributed by atoms with Crippen molar-refractivity contribution in [3.8, 4) is 0 Å². The highest BCUT2D eigenvalue weighted by Gasteiger charge is 2.30. The second-order valence-electron chi connectivity index (χ2n) is 4.53. The molecule has 0 bridgehead atoms. The van der Waals surface area contributed by atoms with Gasteiger partial charge in [-0.1, -0.05) is 6.07 Å². The smallest absolute Gasteiger partial charge is 0.240 e. The summed E-state index contributed by atoms with van der Waals surface area (Å²) >= 11 is 0. The largest absolute Gasteiger partial charge is 0.296 e. The molecule has 1 fully saturated rings. The third kappa shape index (κ3) is 1.49. The molecule has 3 rings (SSSR count). The fraction of sp³-hybridized carbons (Fsp3) is 0.462. The van der Waals surface area contributed by atoms with Gasteiger partial charge in [0.2, 0.25) is 6.08 Å². The molecule has 0 N–H and O–H groups in total. The Kier molecular flexibility index (Phi) is 2.35. The number of rotatable bonds is 1. The zero-order chi connectivity index (χ0) is 11.0. The van der Waals surface area contributed by atoms with E-state index in [9.17, 15) is 4.79 Å². The van der Waals surface area contributed by atoms with Crippen LogP contribution in [0.4, 0.5) is 5.69 Å². The highest BCUT2D eigenvalue weighted by Crippen LogP contribution is 2.38. The Balaban J connectivity index is 2.05. The first-order valence-corrected chi connectivity index (χ1v) is 5.83. The first-order chi connectivity index (χ1) is 7.88. The molecule has 0 radical (unpaired) electrons. The Morgan fingerprint density at radius 3 is 3.19 bits per heavy atom. The van der Waals surface area contributed by atoms with E-state index in [0.29, 0.717) is 6.04 Å². The van der Waals surface area contributed by atoms with E-state index in [1.807, 2.05) is 6.07 Å². The molecule has 2 aliphatic heterocycles. The van der Waals surface area contributed by atoms with Crippen molar-refractivity contribution in [2.75, 3.05) is 13.1 Å². The highest BCUT2D eigenvalue weighted by atomic mass is 16.1. The van der Waals surface area contributed by atoms with Crippen LogP contribution in [0.1, 0.15) is 30.0 Å². The van der Waals surface area contributed by atoms with Gasteiger partial charge in [-0.15, -0.1) is 0 Å². The van der Waals surface area contributed by atoms with E-state index in [1.165, 1.54) is 37.1 Å². The van der Waals surface area contributed by atoms with Crippen molar-refractivity contribution in [3.63, 3.8) is 0 Å².